The number of fused-ring (bicyclic) bond motifs is 1. The molecule has 0 bridgehead atoms. The van der Waals surface area contributed by atoms with Gasteiger partial charge in [-0.1, -0.05) is 41.9 Å². The van der Waals surface area contributed by atoms with Crippen LogP contribution in [0.2, 0.25) is 5.02 Å². The number of hydrogen-bond donors (Lipinski definition) is 2. The summed E-state index contributed by atoms with van der Waals surface area (Å²) in [7, 11) is 0. The van der Waals surface area contributed by atoms with Crippen molar-refractivity contribution >= 4 is 34.6 Å². The van der Waals surface area contributed by atoms with Crippen molar-refractivity contribution in [1.29, 1.82) is 0 Å². The molecule has 1 amide bonds. The highest BCUT2D eigenvalue weighted by atomic mass is 35.5. The van der Waals surface area contributed by atoms with Crippen LogP contribution >= 0.6 is 11.6 Å². The van der Waals surface area contributed by atoms with Gasteiger partial charge in [0, 0.05) is 15.9 Å². The fourth-order valence-corrected chi connectivity index (χ4v) is 2.21. The van der Waals surface area contributed by atoms with Crippen molar-refractivity contribution in [2.24, 2.45) is 5.10 Å². The number of rotatable bonds is 3. The van der Waals surface area contributed by atoms with Crippen LogP contribution in [0.5, 0.6) is 0 Å². The minimum Gasteiger partial charge on any atom is -0.350 e. The van der Waals surface area contributed by atoms with Crippen LogP contribution in [0.25, 0.3) is 10.9 Å². The van der Waals surface area contributed by atoms with Crippen LogP contribution in [0.3, 0.4) is 0 Å². The highest BCUT2D eigenvalue weighted by molar-refractivity contribution is 6.30. The van der Waals surface area contributed by atoms with Gasteiger partial charge in [-0.05, 0) is 29.8 Å². The van der Waals surface area contributed by atoms with Gasteiger partial charge < -0.3 is 4.98 Å². The molecule has 0 radical (unpaired) electrons. The minimum atomic E-state index is -0.288. The molecule has 0 fully saturated rings. The van der Waals surface area contributed by atoms with Crippen molar-refractivity contribution in [2.75, 3.05) is 0 Å². The Morgan fingerprint density at radius 3 is 2.81 bits per heavy atom. The highest BCUT2D eigenvalue weighted by Gasteiger charge is 2.07. The quantitative estimate of drug-likeness (QED) is 0.563. The molecule has 5 heteroatoms. The van der Waals surface area contributed by atoms with E-state index in [1.165, 1.54) is 0 Å². The molecule has 0 aliphatic heterocycles. The van der Waals surface area contributed by atoms with E-state index in [-0.39, 0.29) is 5.91 Å². The van der Waals surface area contributed by atoms with Crippen molar-refractivity contribution in [3.05, 3.63) is 70.9 Å². The second kappa shape index (κ2) is 5.81. The molecule has 0 saturated carbocycles. The molecule has 21 heavy (non-hydrogen) atoms. The third-order valence-electron chi connectivity index (χ3n) is 3.00. The number of hydrogen-bond acceptors (Lipinski definition) is 2. The van der Waals surface area contributed by atoms with Gasteiger partial charge in [0.1, 0.15) is 5.69 Å². The zero-order valence-corrected chi connectivity index (χ0v) is 11.8. The summed E-state index contributed by atoms with van der Waals surface area (Å²) in [5, 5.41) is 5.54. The van der Waals surface area contributed by atoms with Gasteiger partial charge in [0.15, 0.2) is 0 Å². The van der Waals surface area contributed by atoms with Crippen LogP contribution in [-0.4, -0.2) is 17.1 Å². The number of nitrogens with one attached hydrogen (secondary N) is 2. The van der Waals surface area contributed by atoms with Crippen LogP contribution in [0.15, 0.2) is 59.7 Å². The van der Waals surface area contributed by atoms with Crippen molar-refractivity contribution in [3.8, 4) is 0 Å². The van der Waals surface area contributed by atoms with Crippen molar-refractivity contribution in [2.45, 2.75) is 0 Å². The van der Waals surface area contributed by atoms with Gasteiger partial charge in [-0.3, -0.25) is 4.79 Å². The lowest BCUT2D eigenvalue weighted by Gasteiger charge is -1.97. The van der Waals surface area contributed by atoms with Crippen LogP contribution in [0.4, 0.5) is 0 Å². The number of amides is 1. The zero-order chi connectivity index (χ0) is 14.7. The summed E-state index contributed by atoms with van der Waals surface area (Å²) < 4.78 is 0. The summed E-state index contributed by atoms with van der Waals surface area (Å²) in [5.74, 6) is -0.288. The van der Waals surface area contributed by atoms with Gasteiger partial charge >= 0.3 is 0 Å². The van der Waals surface area contributed by atoms with Crippen LogP contribution < -0.4 is 5.43 Å². The van der Waals surface area contributed by atoms with Crippen molar-refractivity contribution in [1.82, 2.24) is 10.4 Å². The Labute approximate surface area is 126 Å². The molecule has 2 N–H and O–H groups in total. The van der Waals surface area contributed by atoms with Crippen LogP contribution in [-0.2, 0) is 0 Å². The first-order valence-corrected chi connectivity index (χ1v) is 6.77. The molecule has 3 aromatic rings. The average molecular weight is 298 g/mol. The monoisotopic (exact) mass is 297 g/mol. The first kappa shape index (κ1) is 13.4. The minimum absolute atomic E-state index is 0.288. The average Bonchev–Trinajstić information content (AvgIpc) is 2.91. The number of carbonyl (C=O) groups is 1. The van der Waals surface area contributed by atoms with Crippen LogP contribution in [0, 0.1) is 0 Å². The number of aromatic amines is 1. The molecule has 0 atom stereocenters. The molecule has 104 valence electrons. The molecule has 0 spiro atoms. The number of benzene rings is 2. The molecular formula is C16H12ClN3O. The number of para-hydroxylation sites is 1. The van der Waals surface area contributed by atoms with E-state index >= 15 is 0 Å². The van der Waals surface area contributed by atoms with E-state index in [2.05, 4.69) is 15.5 Å². The topological polar surface area (TPSA) is 57.2 Å². The highest BCUT2D eigenvalue weighted by Crippen LogP contribution is 2.14. The predicted octanol–water partition coefficient (Wildman–Crippen LogP) is 3.59. The fourth-order valence-electron chi connectivity index (χ4n) is 2.01. The molecule has 3 rings (SSSR count). The van der Waals surface area contributed by atoms with Crippen LogP contribution in [0.1, 0.15) is 16.1 Å². The number of H-pyrrole nitrogens is 1. The van der Waals surface area contributed by atoms with Crippen molar-refractivity contribution in [3.63, 3.8) is 0 Å². The fraction of sp³-hybridized carbons (Fsp3) is 0. The van der Waals surface area contributed by atoms with E-state index in [9.17, 15) is 4.79 Å². The Balaban J connectivity index is 1.71. The molecule has 1 heterocycles. The molecule has 0 saturated heterocycles. The Morgan fingerprint density at radius 2 is 2.00 bits per heavy atom. The van der Waals surface area contributed by atoms with E-state index in [0.29, 0.717) is 10.7 Å². The number of halogens is 1. The maximum absolute atomic E-state index is 12.0. The van der Waals surface area contributed by atoms with Gasteiger partial charge in [0.05, 0.1) is 6.21 Å². The second-order valence-electron chi connectivity index (χ2n) is 4.52. The van der Waals surface area contributed by atoms with Gasteiger partial charge in [-0.15, -0.1) is 0 Å². The Morgan fingerprint density at radius 1 is 1.14 bits per heavy atom. The first-order chi connectivity index (χ1) is 10.2. The van der Waals surface area contributed by atoms with E-state index in [1.807, 2.05) is 36.4 Å². The van der Waals surface area contributed by atoms with Gasteiger partial charge in [0.25, 0.3) is 5.91 Å². The predicted molar refractivity (Wildman–Crippen MR) is 84.8 cm³/mol. The lowest BCUT2D eigenvalue weighted by atomic mass is 10.2. The van der Waals surface area contributed by atoms with Gasteiger partial charge in [0.2, 0.25) is 0 Å². The summed E-state index contributed by atoms with van der Waals surface area (Å²) in [5.41, 5.74) is 4.69. The summed E-state index contributed by atoms with van der Waals surface area (Å²) >= 11 is 5.87. The largest absolute Gasteiger partial charge is 0.350 e. The maximum Gasteiger partial charge on any atom is 0.287 e. The SMILES string of the molecule is O=C(N/N=C/c1cccc(Cl)c1)c1cc2ccccc2[nH]1. The number of carbonyl (C=O) groups excluding carboxylic acids is 1. The third-order valence-corrected chi connectivity index (χ3v) is 3.24. The Kier molecular flexibility index (Phi) is 3.71. The molecule has 0 aliphatic rings. The lowest BCUT2D eigenvalue weighted by molar-refractivity contribution is 0.0951. The van der Waals surface area contributed by atoms with E-state index < -0.39 is 0 Å². The van der Waals surface area contributed by atoms with Gasteiger partial charge in [-0.2, -0.15) is 5.10 Å². The first-order valence-electron chi connectivity index (χ1n) is 6.39. The molecule has 1 aromatic heterocycles. The van der Waals surface area contributed by atoms with Crippen molar-refractivity contribution < 1.29 is 4.79 Å². The smallest absolute Gasteiger partial charge is 0.287 e. The number of nitrogens with zero attached hydrogens (tertiary/aromatic N) is 1. The molecule has 2 aromatic carbocycles. The molecule has 4 nitrogen and oxygen atoms in total. The zero-order valence-electron chi connectivity index (χ0n) is 11.0. The number of aromatic nitrogens is 1. The third kappa shape index (κ3) is 3.12. The standard InChI is InChI=1S/C16H12ClN3O/c17-13-6-3-4-11(8-13)10-18-20-16(21)15-9-12-5-1-2-7-14(12)19-15/h1-10,19H,(H,20,21)/b18-10+. The second-order valence-corrected chi connectivity index (χ2v) is 4.96. The Bertz CT molecular complexity index is 790. The van der Waals surface area contributed by atoms with E-state index in [4.69, 9.17) is 11.6 Å². The summed E-state index contributed by atoms with van der Waals surface area (Å²) in [4.78, 5) is 15.0. The lowest BCUT2D eigenvalue weighted by Crippen LogP contribution is -2.17. The maximum atomic E-state index is 12.0. The van der Waals surface area contributed by atoms with Gasteiger partial charge in [-0.25, -0.2) is 5.43 Å². The van der Waals surface area contributed by atoms with E-state index in [0.717, 1.165) is 16.5 Å². The normalized spacial score (nSPS) is 11.1. The summed E-state index contributed by atoms with van der Waals surface area (Å²) in [6.45, 7) is 0. The molecular weight excluding hydrogens is 286 g/mol. The molecule has 0 unspecified atom stereocenters. The number of hydrazone groups is 1. The molecule has 0 aliphatic carbocycles. The van der Waals surface area contributed by atoms with E-state index in [1.54, 1.807) is 24.4 Å². The summed E-state index contributed by atoms with van der Waals surface area (Å²) in [6.07, 6.45) is 1.55. The summed E-state index contributed by atoms with van der Waals surface area (Å²) in [6, 6.07) is 16.7. The Hall–Kier alpha value is -2.59.